The van der Waals surface area contributed by atoms with Crippen LogP contribution in [0.5, 0.6) is 0 Å². The van der Waals surface area contributed by atoms with Gasteiger partial charge in [-0.05, 0) is 61.9 Å². The molecule has 0 bridgehead atoms. The number of nitrogens with one attached hydrogen (secondary N) is 1. The highest BCUT2D eigenvalue weighted by Crippen LogP contribution is 2.22. The fourth-order valence-electron chi connectivity index (χ4n) is 2.65. The topological polar surface area (TPSA) is 99.2 Å². The Labute approximate surface area is 170 Å². The lowest BCUT2D eigenvalue weighted by atomic mass is 10.1. The highest BCUT2D eigenvalue weighted by atomic mass is 79.9. The monoisotopic (exact) mass is 442 g/mol. The van der Waals surface area contributed by atoms with Crippen LogP contribution in [0.15, 0.2) is 53.1 Å². The lowest BCUT2D eigenvalue weighted by Crippen LogP contribution is -2.13. The summed E-state index contributed by atoms with van der Waals surface area (Å²) in [5.41, 5.74) is 9.03. The summed E-state index contributed by atoms with van der Waals surface area (Å²) in [4.78, 5) is 24.4. The smallest absolute Gasteiger partial charge is 0.343 e. The predicted octanol–water partition coefficient (Wildman–Crippen LogP) is 3.95. The molecule has 0 saturated heterocycles. The van der Waals surface area contributed by atoms with Gasteiger partial charge in [-0.15, -0.1) is 0 Å². The van der Waals surface area contributed by atoms with Gasteiger partial charge in [0, 0.05) is 15.7 Å². The molecule has 0 aliphatic rings. The number of anilines is 2. The van der Waals surface area contributed by atoms with Crippen LogP contribution in [-0.2, 0) is 4.74 Å². The van der Waals surface area contributed by atoms with E-state index in [-0.39, 0.29) is 23.9 Å². The van der Waals surface area contributed by atoms with Gasteiger partial charge in [0.25, 0.3) is 5.91 Å². The van der Waals surface area contributed by atoms with Crippen molar-refractivity contribution in [2.75, 3.05) is 17.7 Å². The van der Waals surface area contributed by atoms with E-state index in [1.54, 1.807) is 31.2 Å². The molecular weight excluding hydrogens is 424 g/mol. The second kappa shape index (κ2) is 8.26. The molecule has 0 aliphatic heterocycles. The van der Waals surface area contributed by atoms with Gasteiger partial charge >= 0.3 is 5.97 Å². The van der Waals surface area contributed by atoms with Gasteiger partial charge in [0.1, 0.15) is 11.4 Å². The number of nitrogens with zero attached hydrogens (tertiary/aromatic N) is 2. The van der Waals surface area contributed by atoms with Gasteiger partial charge in [-0.25, -0.2) is 9.48 Å². The first-order valence-electron chi connectivity index (χ1n) is 8.59. The first kappa shape index (κ1) is 19.6. The van der Waals surface area contributed by atoms with E-state index >= 15 is 0 Å². The molecule has 0 saturated carbocycles. The number of ether oxygens (including phenoxy) is 1. The number of rotatable bonds is 5. The Hall–Kier alpha value is -3.13. The van der Waals surface area contributed by atoms with Gasteiger partial charge in [0.15, 0.2) is 0 Å². The van der Waals surface area contributed by atoms with Crippen molar-refractivity contribution in [3.63, 3.8) is 0 Å². The van der Waals surface area contributed by atoms with Gasteiger partial charge < -0.3 is 15.8 Å². The lowest BCUT2D eigenvalue weighted by molar-refractivity contribution is 0.0527. The summed E-state index contributed by atoms with van der Waals surface area (Å²) < 4.78 is 7.33. The van der Waals surface area contributed by atoms with E-state index in [0.717, 1.165) is 15.7 Å². The molecule has 3 aromatic rings. The third kappa shape index (κ3) is 4.07. The maximum Gasteiger partial charge on any atom is 0.343 e. The van der Waals surface area contributed by atoms with E-state index < -0.39 is 5.97 Å². The van der Waals surface area contributed by atoms with E-state index in [0.29, 0.717) is 11.3 Å². The maximum absolute atomic E-state index is 12.5. The summed E-state index contributed by atoms with van der Waals surface area (Å²) in [6.45, 7) is 3.90. The number of nitrogens with two attached hydrogens (primary N) is 1. The Morgan fingerprint density at radius 2 is 1.93 bits per heavy atom. The van der Waals surface area contributed by atoms with E-state index in [4.69, 9.17) is 10.5 Å². The van der Waals surface area contributed by atoms with Crippen molar-refractivity contribution in [1.82, 2.24) is 9.78 Å². The van der Waals surface area contributed by atoms with Gasteiger partial charge in [0.05, 0.1) is 18.5 Å². The van der Waals surface area contributed by atoms with Crippen LogP contribution >= 0.6 is 15.9 Å². The van der Waals surface area contributed by atoms with E-state index in [9.17, 15) is 9.59 Å². The zero-order chi connectivity index (χ0) is 20.3. The summed E-state index contributed by atoms with van der Waals surface area (Å²) in [5.74, 6) is -0.564. The number of hydrogen-bond acceptors (Lipinski definition) is 5. The molecule has 1 heterocycles. The van der Waals surface area contributed by atoms with Crippen molar-refractivity contribution < 1.29 is 14.3 Å². The Kier molecular flexibility index (Phi) is 5.79. The molecule has 0 spiro atoms. The molecule has 3 rings (SSSR count). The number of hydrogen-bond donors (Lipinski definition) is 2. The Morgan fingerprint density at radius 1 is 1.21 bits per heavy atom. The van der Waals surface area contributed by atoms with Crippen molar-refractivity contribution in [2.45, 2.75) is 13.8 Å². The van der Waals surface area contributed by atoms with E-state index in [1.165, 1.54) is 10.9 Å². The highest BCUT2D eigenvalue weighted by Gasteiger charge is 2.17. The highest BCUT2D eigenvalue weighted by molar-refractivity contribution is 9.10. The van der Waals surface area contributed by atoms with Crippen molar-refractivity contribution in [3.05, 3.63) is 69.8 Å². The molecular formula is C20H19BrN4O3. The first-order valence-corrected chi connectivity index (χ1v) is 9.38. The van der Waals surface area contributed by atoms with E-state index in [1.807, 2.05) is 25.1 Å². The summed E-state index contributed by atoms with van der Waals surface area (Å²) in [7, 11) is 0. The van der Waals surface area contributed by atoms with Gasteiger partial charge in [0.2, 0.25) is 0 Å². The lowest BCUT2D eigenvalue weighted by Gasteiger charge is -2.10. The second-order valence-corrected chi connectivity index (χ2v) is 6.95. The fraction of sp³-hybridized carbons (Fsp3) is 0.150. The summed E-state index contributed by atoms with van der Waals surface area (Å²) >= 11 is 3.40. The van der Waals surface area contributed by atoms with Crippen LogP contribution in [0.2, 0.25) is 0 Å². The van der Waals surface area contributed by atoms with Crippen LogP contribution in [0.3, 0.4) is 0 Å². The quantitative estimate of drug-likeness (QED) is 0.582. The molecule has 144 valence electrons. The van der Waals surface area contributed by atoms with Crippen molar-refractivity contribution in [3.8, 4) is 5.69 Å². The first-order chi connectivity index (χ1) is 13.4. The maximum atomic E-state index is 12.5. The molecule has 1 amide bonds. The minimum atomic E-state index is -0.521. The van der Waals surface area contributed by atoms with Crippen LogP contribution < -0.4 is 11.1 Å². The minimum Gasteiger partial charge on any atom is -0.462 e. The Bertz CT molecular complexity index is 1030. The van der Waals surface area contributed by atoms with Gasteiger partial charge in [-0.3, -0.25) is 4.79 Å². The summed E-state index contributed by atoms with van der Waals surface area (Å²) in [6.07, 6.45) is 1.37. The minimum absolute atomic E-state index is 0.182. The number of carbonyl (C=O) groups is 2. The molecule has 0 atom stereocenters. The third-order valence-electron chi connectivity index (χ3n) is 4.11. The van der Waals surface area contributed by atoms with Crippen LogP contribution in [0.4, 0.5) is 11.5 Å². The molecule has 0 fully saturated rings. The summed E-state index contributed by atoms with van der Waals surface area (Å²) in [6, 6.07) is 12.4. The van der Waals surface area contributed by atoms with Crippen molar-refractivity contribution in [1.29, 1.82) is 0 Å². The number of aromatic nitrogens is 2. The molecule has 2 aromatic carbocycles. The third-order valence-corrected chi connectivity index (χ3v) is 4.61. The standard InChI is InChI=1S/C20H19BrN4O3/c1-3-28-20(27)16-11-23-25(18(16)22)15-7-4-13(5-8-15)19(26)24-17-9-6-14(21)10-12(17)2/h4-11H,3,22H2,1-2H3,(H,24,26). The normalized spacial score (nSPS) is 10.5. The molecule has 8 heteroatoms. The van der Waals surface area contributed by atoms with E-state index in [2.05, 4.69) is 26.3 Å². The number of nitrogen functional groups attached to an aromatic ring is 1. The second-order valence-electron chi connectivity index (χ2n) is 6.04. The summed E-state index contributed by atoms with van der Waals surface area (Å²) in [5, 5.41) is 7.03. The molecule has 28 heavy (non-hydrogen) atoms. The number of aryl methyl sites for hydroxylation is 1. The SMILES string of the molecule is CCOC(=O)c1cnn(-c2ccc(C(=O)Nc3ccc(Br)cc3C)cc2)c1N. The molecule has 0 aliphatic carbocycles. The number of carbonyl (C=O) groups excluding carboxylic acids is 2. The molecule has 0 radical (unpaired) electrons. The zero-order valence-electron chi connectivity index (χ0n) is 15.4. The largest absolute Gasteiger partial charge is 0.462 e. The number of halogens is 1. The molecule has 3 N–H and O–H groups in total. The zero-order valence-corrected chi connectivity index (χ0v) is 17.0. The molecule has 0 unspecified atom stereocenters. The Balaban J connectivity index is 1.78. The van der Waals surface area contributed by atoms with Crippen LogP contribution in [-0.4, -0.2) is 28.3 Å². The molecule has 7 nitrogen and oxygen atoms in total. The molecule has 1 aromatic heterocycles. The average Bonchev–Trinajstić information content (AvgIpc) is 3.06. The predicted molar refractivity (Wildman–Crippen MR) is 111 cm³/mol. The van der Waals surface area contributed by atoms with Gasteiger partial charge in [-0.2, -0.15) is 5.10 Å². The number of amides is 1. The Morgan fingerprint density at radius 3 is 2.57 bits per heavy atom. The van der Waals surface area contributed by atoms with Crippen LogP contribution in [0.1, 0.15) is 33.2 Å². The number of esters is 1. The van der Waals surface area contributed by atoms with Crippen LogP contribution in [0.25, 0.3) is 5.69 Å². The van der Waals surface area contributed by atoms with Crippen LogP contribution in [0, 0.1) is 6.92 Å². The van der Waals surface area contributed by atoms with Gasteiger partial charge in [-0.1, -0.05) is 15.9 Å². The average molecular weight is 443 g/mol. The van der Waals surface area contributed by atoms with Crippen molar-refractivity contribution in [2.24, 2.45) is 0 Å². The van der Waals surface area contributed by atoms with Crippen molar-refractivity contribution >= 4 is 39.3 Å². The fourth-order valence-corrected chi connectivity index (χ4v) is 3.12. The number of benzene rings is 2.